The molecule has 0 saturated carbocycles. The van der Waals surface area contributed by atoms with Gasteiger partial charge in [0.2, 0.25) is 21.8 Å². The lowest BCUT2D eigenvalue weighted by Gasteiger charge is -2.42. The molecule has 200 valence electrons. The lowest BCUT2D eigenvalue weighted by atomic mass is 9.89. The Bertz CT molecular complexity index is 1240. The average Bonchev–Trinajstić information content (AvgIpc) is 3.30. The Hall–Kier alpha value is -2.46. The summed E-state index contributed by atoms with van der Waals surface area (Å²) >= 11 is 0. The number of nitrogens with zero attached hydrogens (tertiary/aromatic N) is 2. The smallest absolute Gasteiger partial charge is 0.246 e. The van der Waals surface area contributed by atoms with Gasteiger partial charge in [-0.15, -0.1) is 12.4 Å². The van der Waals surface area contributed by atoms with E-state index in [-0.39, 0.29) is 47.5 Å². The van der Waals surface area contributed by atoms with Gasteiger partial charge in [0.05, 0.1) is 4.90 Å². The largest absolute Gasteiger partial charge is 0.342 e. The molecular formula is C27H35ClN4O4S. The molecule has 0 aromatic heterocycles. The van der Waals surface area contributed by atoms with Gasteiger partial charge in [-0.25, -0.2) is 8.42 Å². The van der Waals surface area contributed by atoms with Crippen LogP contribution in [0.1, 0.15) is 30.5 Å². The zero-order valence-electron chi connectivity index (χ0n) is 21.2. The van der Waals surface area contributed by atoms with Crippen LogP contribution in [0.3, 0.4) is 0 Å². The summed E-state index contributed by atoms with van der Waals surface area (Å²) in [5, 5.41) is 6.21. The fourth-order valence-corrected chi connectivity index (χ4v) is 7.49. The van der Waals surface area contributed by atoms with E-state index in [1.54, 1.807) is 29.2 Å². The number of amides is 2. The number of sulfonamides is 1. The summed E-state index contributed by atoms with van der Waals surface area (Å²) in [6.07, 6.45) is 1.47. The molecule has 2 aromatic rings. The summed E-state index contributed by atoms with van der Waals surface area (Å²) in [5.41, 5.74) is 2.97. The maximum Gasteiger partial charge on any atom is 0.246 e. The Balaban J connectivity index is 0.00000320. The quantitative estimate of drug-likeness (QED) is 0.577. The fraction of sp³-hybridized carbons (Fsp3) is 0.481. The van der Waals surface area contributed by atoms with E-state index in [9.17, 15) is 18.0 Å². The van der Waals surface area contributed by atoms with Crippen molar-refractivity contribution in [1.82, 2.24) is 19.8 Å². The molecule has 8 nitrogen and oxygen atoms in total. The molecular weight excluding hydrogens is 512 g/mol. The summed E-state index contributed by atoms with van der Waals surface area (Å²) in [6.45, 7) is 5.92. The summed E-state index contributed by atoms with van der Waals surface area (Å²) in [5.74, 6) is -0.449. The van der Waals surface area contributed by atoms with E-state index in [0.29, 0.717) is 31.7 Å². The average molecular weight is 547 g/mol. The van der Waals surface area contributed by atoms with Crippen LogP contribution >= 0.6 is 12.4 Å². The number of fused-ring (bicyclic) bond motifs is 1. The third-order valence-corrected chi connectivity index (χ3v) is 9.64. The minimum absolute atomic E-state index is 0. The van der Waals surface area contributed by atoms with E-state index in [2.05, 4.69) is 22.8 Å². The molecule has 0 radical (unpaired) electrons. The van der Waals surface area contributed by atoms with Gasteiger partial charge in [0, 0.05) is 32.7 Å². The van der Waals surface area contributed by atoms with Gasteiger partial charge in [0.1, 0.15) is 12.1 Å². The van der Waals surface area contributed by atoms with Gasteiger partial charge in [-0.2, -0.15) is 4.31 Å². The van der Waals surface area contributed by atoms with Crippen LogP contribution in [0.15, 0.2) is 53.4 Å². The van der Waals surface area contributed by atoms with Crippen LogP contribution in [0.4, 0.5) is 0 Å². The highest BCUT2D eigenvalue weighted by Gasteiger charge is 2.46. The second-order valence-corrected chi connectivity index (χ2v) is 12.2. The second-order valence-electron chi connectivity index (χ2n) is 10.3. The van der Waals surface area contributed by atoms with Crippen LogP contribution in [-0.4, -0.2) is 67.7 Å². The molecule has 2 aromatic carbocycles. The van der Waals surface area contributed by atoms with E-state index in [4.69, 9.17) is 0 Å². The molecule has 1 aliphatic carbocycles. The van der Waals surface area contributed by atoms with Gasteiger partial charge in [-0.1, -0.05) is 56.3 Å². The van der Waals surface area contributed by atoms with Crippen molar-refractivity contribution in [2.24, 2.45) is 11.8 Å². The molecule has 2 N–H and O–H groups in total. The first kappa shape index (κ1) is 27.6. The van der Waals surface area contributed by atoms with Gasteiger partial charge in [-0.05, 0) is 47.4 Å². The molecule has 0 spiro atoms. The Labute approximate surface area is 225 Å². The molecule has 2 atom stereocenters. The normalized spacial score (nSPS) is 23.1. The fourth-order valence-electron chi connectivity index (χ4n) is 5.84. The maximum atomic E-state index is 13.9. The van der Waals surface area contributed by atoms with Crippen molar-refractivity contribution in [3.05, 3.63) is 65.2 Å². The monoisotopic (exact) mass is 546 g/mol. The molecule has 3 aliphatic rings. The van der Waals surface area contributed by atoms with Crippen LogP contribution in [0.25, 0.3) is 0 Å². The number of hydrogen-bond acceptors (Lipinski definition) is 5. The van der Waals surface area contributed by atoms with Crippen molar-refractivity contribution in [1.29, 1.82) is 0 Å². The number of rotatable bonds is 6. The minimum atomic E-state index is -3.72. The van der Waals surface area contributed by atoms with E-state index in [1.165, 1.54) is 15.4 Å². The first-order chi connectivity index (χ1) is 17.3. The van der Waals surface area contributed by atoms with E-state index >= 15 is 0 Å². The number of piperazine rings is 2. The van der Waals surface area contributed by atoms with Gasteiger partial charge < -0.3 is 15.5 Å². The van der Waals surface area contributed by atoms with Crippen molar-refractivity contribution in [3.8, 4) is 0 Å². The van der Waals surface area contributed by atoms with E-state index in [1.807, 2.05) is 26.0 Å². The van der Waals surface area contributed by atoms with Gasteiger partial charge in [-0.3, -0.25) is 9.59 Å². The second kappa shape index (κ2) is 11.1. The van der Waals surface area contributed by atoms with Gasteiger partial charge in [0.25, 0.3) is 0 Å². The standard InChI is InChI=1S/C27H34N4O4S.ClH/c1-18(2)25-26(32)29-24(22-15-19-7-3-4-8-20(19)16-22)27(33)31(25)17-21-9-5-6-10-23(21)36(34,35)30-13-11-28-12-14-30;/h3-10,18,22,24-25,28H,11-17H2,1-2H3,(H,29,32);1H/t24-,25-;/m1./s1. The summed E-state index contributed by atoms with van der Waals surface area (Å²) < 4.78 is 28.5. The Morgan fingerprint density at radius 3 is 2.16 bits per heavy atom. The highest BCUT2D eigenvalue weighted by atomic mass is 35.5. The predicted molar refractivity (Wildman–Crippen MR) is 144 cm³/mol. The minimum Gasteiger partial charge on any atom is -0.342 e. The molecule has 10 heteroatoms. The van der Waals surface area contributed by atoms with Gasteiger partial charge in [0.15, 0.2) is 0 Å². The van der Waals surface area contributed by atoms with E-state index < -0.39 is 22.1 Å². The molecule has 37 heavy (non-hydrogen) atoms. The Kier molecular flexibility index (Phi) is 8.28. The number of nitrogens with one attached hydrogen (secondary N) is 2. The van der Waals surface area contributed by atoms with Crippen LogP contribution < -0.4 is 10.6 Å². The molecule has 2 amide bonds. The number of benzene rings is 2. The highest BCUT2D eigenvalue weighted by molar-refractivity contribution is 7.89. The molecule has 2 saturated heterocycles. The molecule has 2 fully saturated rings. The zero-order chi connectivity index (χ0) is 25.4. The Morgan fingerprint density at radius 2 is 1.54 bits per heavy atom. The van der Waals surface area contributed by atoms with Crippen molar-refractivity contribution in [2.45, 2.75) is 50.2 Å². The first-order valence-electron chi connectivity index (χ1n) is 12.7. The third kappa shape index (κ3) is 5.27. The molecule has 5 rings (SSSR count). The van der Waals surface area contributed by atoms with Crippen LogP contribution in [-0.2, 0) is 39.0 Å². The van der Waals surface area contributed by atoms with Crippen molar-refractivity contribution in [3.63, 3.8) is 0 Å². The van der Waals surface area contributed by atoms with E-state index in [0.717, 1.165) is 12.8 Å². The van der Waals surface area contributed by atoms with Crippen molar-refractivity contribution < 1.29 is 18.0 Å². The summed E-state index contributed by atoms with van der Waals surface area (Å²) in [6, 6.07) is 13.7. The number of carbonyl (C=O) groups excluding carboxylic acids is 2. The lowest BCUT2D eigenvalue weighted by molar-refractivity contribution is -0.153. The molecule has 2 heterocycles. The number of halogens is 1. The van der Waals surface area contributed by atoms with Gasteiger partial charge >= 0.3 is 0 Å². The zero-order valence-corrected chi connectivity index (χ0v) is 22.9. The van der Waals surface area contributed by atoms with Crippen molar-refractivity contribution in [2.75, 3.05) is 26.2 Å². The Morgan fingerprint density at radius 1 is 0.946 bits per heavy atom. The first-order valence-corrected chi connectivity index (χ1v) is 14.2. The van der Waals surface area contributed by atoms with Crippen molar-refractivity contribution >= 4 is 34.2 Å². The van der Waals surface area contributed by atoms with Crippen LogP contribution in [0, 0.1) is 11.8 Å². The molecule has 2 aliphatic heterocycles. The molecule has 0 unspecified atom stereocenters. The summed E-state index contributed by atoms with van der Waals surface area (Å²) in [7, 11) is -3.72. The SMILES string of the molecule is CC(C)[C@@H]1C(=O)N[C@H](C2Cc3ccccc3C2)C(=O)N1Cc1ccccc1S(=O)(=O)N1CCNCC1.Cl. The summed E-state index contributed by atoms with van der Waals surface area (Å²) in [4.78, 5) is 29.1. The molecule has 0 bridgehead atoms. The maximum absolute atomic E-state index is 13.9. The van der Waals surface area contributed by atoms with Crippen LogP contribution in [0.5, 0.6) is 0 Å². The highest BCUT2D eigenvalue weighted by Crippen LogP contribution is 2.33. The third-order valence-electron chi connectivity index (χ3n) is 7.64. The lowest BCUT2D eigenvalue weighted by Crippen LogP contribution is -2.66. The number of carbonyl (C=O) groups is 2. The predicted octanol–water partition coefficient (Wildman–Crippen LogP) is 1.97. The van der Waals surface area contributed by atoms with Crippen LogP contribution in [0.2, 0.25) is 0 Å². The number of hydrogen-bond donors (Lipinski definition) is 2. The topological polar surface area (TPSA) is 98.8 Å².